The second kappa shape index (κ2) is 7.73. The second-order valence-electron chi connectivity index (χ2n) is 6.45. The van der Waals surface area contributed by atoms with Crippen LogP contribution in [0.5, 0.6) is 0 Å². The fourth-order valence-corrected chi connectivity index (χ4v) is 3.47. The molecule has 0 saturated carbocycles. The largest absolute Gasteiger partial charge is 0.414 e. The standard InChI is InChI=1S/C20H15N7O2S/c1-27(2)20(28)12-5-3-11(4-6-12)14-10-23-17(22)15(24-14)18-25-26-19(29-18)16-13(9-21)7-8-30-16/h3-8,10H,1-2H3,(H2,22,23). The van der Waals surface area contributed by atoms with Crippen LogP contribution in [0, 0.1) is 11.3 Å². The lowest BCUT2D eigenvalue weighted by Crippen LogP contribution is -2.21. The summed E-state index contributed by atoms with van der Waals surface area (Å²) in [4.78, 5) is 22.9. The molecule has 3 heterocycles. The maximum atomic E-state index is 12.1. The van der Waals surface area contributed by atoms with Gasteiger partial charge in [0.2, 0.25) is 0 Å². The number of aromatic nitrogens is 4. The van der Waals surface area contributed by atoms with Crippen molar-refractivity contribution in [3.8, 4) is 39.7 Å². The Morgan fingerprint density at radius 2 is 1.90 bits per heavy atom. The lowest BCUT2D eigenvalue weighted by molar-refractivity contribution is 0.0827. The van der Waals surface area contributed by atoms with Crippen LogP contribution in [0.15, 0.2) is 46.3 Å². The average molecular weight is 417 g/mol. The molecule has 0 fully saturated rings. The molecule has 0 saturated heterocycles. The molecule has 1 aromatic carbocycles. The van der Waals surface area contributed by atoms with Gasteiger partial charge in [0.15, 0.2) is 11.5 Å². The molecule has 0 unspecified atom stereocenters. The van der Waals surface area contributed by atoms with Gasteiger partial charge in [0.25, 0.3) is 17.7 Å². The first kappa shape index (κ1) is 19.2. The summed E-state index contributed by atoms with van der Waals surface area (Å²) in [5.41, 5.74) is 8.54. The van der Waals surface area contributed by atoms with Crippen molar-refractivity contribution in [3.63, 3.8) is 0 Å². The van der Waals surface area contributed by atoms with Gasteiger partial charge >= 0.3 is 0 Å². The summed E-state index contributed by atoms with van der Waals surface area (Å²) >= 11 is 1.33. The highest BCUT2D eigenvalue weighted by molar-refractivity contribution is 7.13. The summed E-state index contributed by atoms with van der Waals surface area (Å²) in [6.45, 7) is 0. The fourth-order valence-electron chi connectivity index (χ4n) is 2.71. The van der Waals surface area contributed by atoms with Crippen LogP contribution in [0.2, 0.25) is 0 Å². The number of rotatable bonds is 4. The molecule has 9 nitrogen and oxygen atoms in total. The molecule has 0 atom stereocenters. The predicted octanol–water partition coefficient (Wildman–Crippen LogP) is 3.08. The number of hydrogen-bond acceptors (Lipinski definition) is 9. The maximum absolute atomic E-state index is 12.1. The Morgan fingerprint density at radius 3 is 2.60 bits per heavy atom. The summed E-state index contributed by atoms with van der Waals surface area (Å²) in [7, 11) is 3.39. The number of nitriles is 1. The Labute approximate surface area is 175 Å². The van der Waals surface area contributed by atoms with Gasteiger partial charge in [-0.1, -0.05) is 12.1 Å². The third-order valence-electron chi connectivity index (χ3n) is 4.24. The molecular formula is C20H15N7O2S. The fraction of sp³-hybridized carbons (Fsp3) is 0.100. The van der Waals surface area contributed by atoms with Crippen molar-refractivity contribution >= 4 is 23.1 Å². The molecule has 0 aliphatic rings. The van der Waals surface area contributed by atoms with E-state index in [0.717, 1.165) is 5.56 Å². The summed E-state index contributed by atoms with van der Waals surface area (Å²) < 4.78 is 5.71. The molecular weight excluding hydrogens is 402 g/mol. The Hall–Kier alpha value is -4.10. The summed E-state index contributed by atoms with van der Waals surface area (Å²) in [6.07, 6.45) is 1.53. The number of nitrogens with zero attached hydrogens (tertiary/aromatic N) is 6. The first-order valence-corrected chi connectivity index (χ1v) is 9.62. The smallest absolute Gasteiger partial charge is 0.270 e. The Morgan fingerprint density at radius 1 is 1.17 bits per heavy atom. The molecule has 4 rings (SSSR count). The van der Waals surface area contributed by atoms with Gasteiger partial charge in [0.1, 0.15) is 10.9 Å². The summed E-state index contributed by atoms with van der Waals surface area (Å²) in [6, 6.07) is 10.8. The SMILES string of the molecule is CN(C)C(=O)c1ccc(-c2cnc(N)c(-c3nnc(-c4sccc4C#N)o3)n2)cc1. The second-order valence-corrected chi connectivity index (χ2v) is 7.37. The van der Waals surface area contributed by atoms with Crippen molar-refractivity contribution in [2.45, 2.75) is 0 Å². The van der Waals surface area contributed by atoms with Crippen LogP contribution in [0.25, 0.3) is 33.6 Å². The van der Waals surface area contributed by atoms with Crippen molar-refractivity contribution in [1.29, 1.82) is 5.26 Å². The van der Waals surface area contributed by atoms with Crippen molar-refractivity contribution < 1.29 is 9.21 Å². The van der Waals surface area contributed by atoms with Gasteiger partial charge < -0.3 is 15.1 Å². The van der Waals surface area contributed by atoms with Gasteiger partial charge in [-0.3, -0.25) is 4.79 Å². The van der Waals surface area contributed by atoms with Gasteiger partial charge in [-0.05, 0) is 23.6 Å². The van der Waals surface area contributed by atoms with E-state index in [9.17, 15) is 10.1 Å². The summed E-state index contributed by atoms with van der Waals surface area (Å²) in [5.74, 6) is 0.373. The highest BCUT2D eigenvalue weighted by Crippen LogP contribution is 2.31. The van der Waals surface area contributed by atoms with Gasteiger partial charge in [0, 0.05) is 25.2 Å². The summed E-state index contributed by atoms with van der Waals surface area (Å²) in [5, 5.41) is 19.0. The molecule has 2 N–H and O–H groups in total. The molecule has 0 aliphatic heterocycles. The molecule has 0 bridgehead atoms. The van der Waals surface area contributed by atoms with Crippen molar-refractivity contribution in [2.24, 2.45) is 0 Å². The monoisotopic (exact) mass is 417 g/mol. The van der Waals surface area contributed by atoms with Crippen LogP contribution in [0.1, 0.15) is 15.9 Å². The number of amides is 1. The predicted molar refractivity (Wildman–Crippen MR) is 111 cm³/mol. The molecule has 0 aliphatic carbocycles. The molecule has 1 amide bonds. The molecule has 0 radical (unpaired) electrons. The number of hydrogen-bond donors (Lipinski definition) is 1. The molecule has 30 heavy (non-hydrogen) atoms. The highest BCUT2D eigenvalue weighted by atomic mass is 32.1. The minimum Gasteiger partial charge on any atom is -0.414 e. The zero-order chi connectivity index (χ0) is 21.3. The molecule has 0 spiro atoms. The third kappa shape index (κ3) is 3.49. The van der Waals surface area contributed by atoms with Crippen LogP contribution < -0.4 is 5.73 Å². The van der Waals surface area contributed by atoms with Gasteiger partial charge in [-0.15, -0.1) is 21.5 Å². The number of nitrogen functional groups attached to an aromatic ring is 1. The van der Waals surface area contributed by atoms with Crippen LogP contribution in [-0.4, -0.2) is 45.1 Å². The molecule has 4 aromatic rings. The van der Waals surface area contributed by atoms with E-state index in [-0.39, 0.29) is 29.2 Å². The van der Waals surface area contributed by atoms with E-state index in [0.29, 0.717) is 21.7 Å². The first-order chi connectivity index (χ1) is 14.5. The highest BCUT2D eigenvalue weighted by Gasteiger charge is 2.19. The molecule has 10 heteroatoms. The topological polar surface area (TPSA) is 135 Å². The minimum absolute atomic E-state index is 0.0886. The van der Waals surface area contributed by atoms with E-state index in [1.807, 2.05) is 0 Å². The molecule has 3 aromatic heterocycles. The van der Waals surface area contributed by atoms with E-state index < -0.39 is 0 Å². The number of carbonyl (C=O) groups excluding carboxylic acids is 1. The lowest BCUT2D eigenvalue weighted by Gasteiger charge is -2.10. The lowest BCUT2D eigenvalue weighted by atomic mass is 10.1. The van der Waals surface area contributed by atoms with Gasteiger partial charge in [-0.2, -0.15) is 5.26 Å². The van der Waals surface area contributed by atoms with Crippen LogP contribution in [0.4, 0.5) is 5.82 Å². The zero-order valence-electron chi connectivity index (χ0n) is 16.0. The number of benzene rings is 1. The van der Waals surface area contributed by atoms with Crippen molar-refractivity contribution in [2.75, 3.05) is 19.8 Å². The third-order valence-corrected chi connectivity index (χ3v) is 5.14. The number of nitrogens with two attached hydrogens (primary N) is 1. The van der Waals surface area contributed by atoms with Crippen LogP contribution >= 0.6 is 11.3 Å². The van der Waals surface area contributed by atoms with E-state index in [2.05, 4.69) is 26.2 Å². The normalized spacial score (nSPS) is 10.6. The zero-order valence-corrected chi connectivity index (χ0v) is 16.8. The van der Waals surface area contributed by atoms with E-state index in [1.54, 1.807) is 49.8 Å². The maximum Gasteiger partial charge on any atom is 0.270 e. The Bertz CT molecular complexity index is 1270. The average Bonchev–Trinajstić information content (AvgIpc) is 3.42. The minimum atomic E-state index is -0.0886. The molecule has 148 valence electrons. The van der Waals surface area contributed by atoms with Crippen molar-refractivity contribution in [3.05, 3.63) is 53.0 Å². The van der Waals surface area contributed by atoms with Crippen molar-refractivity contribution in [1.82, 2.24) is 25.1 Å². The van der Waals surface area contributed by atoms with E-state index >= 15 is 0 Å². The number of carbonyl (C=O) groups is 1. The first-order valence-electron chi connectivity index (χ1n) is 8.74. The Kier molecular flexibility index (Phi) is 4.95. The van der Waals surface area contributed by atoms with Gasteiger partial charge in [0.05, 0.1) is 17.5 Å². The van der Waals surface area contributed by atoms with Gasteiger partial charge in [-0.25, -0.2) is 9.97 Å². The van der Waals surface area contributed by atoms with Crippen LogP contribution in [-0.2, 0) is 0 Å². The Balaban J connectivity index is 1.68. The number of thiophene rings is 1. The number of anilines is 1. The quantitative estimate of drug-likeness (QED) is 0.535. The van der Waals surface area contributed by atoms with E-state index in [1.165, 1.54) is 22.4 Å². The van der Waals surface area contributed by atoms with E-state index in [4.69, 9.17) is 10.2 Å². The van der Waals surface area contributed by atoms with Crippen LogP contribution in [0.3, 0.4) is 0 Å².